The van der Waals surface area contributed by atoms with E-state index in [1.54, 1.807) is 23.6 Å². The Morgan fingerprint density at radius 2 is 2.35 bits per heavy atom. The van der Waals surface area contributed by atoms with Crippen molar-refractivity contribution >= 4 is 39.9 Å². The van der Waals surface area contributed by atoms with Crippen LogP contribution in [0.3, 0.4) is 0 Å². The lowest BCUT2D eigenvalue weighted by Gasteiger charge is -2.04. The van der Waals surface area contributed by atoms with Crippen molar-refractivity contribution in [2.75, 3.05) is 4.72 Å². The largest absolute Gasteiger partial charge is 0.323 e. The molecule has 0 fully saturated rings. The third-order valence-corrected chi connectivity index (χ3v) is 4.47. The molecule has 5 nitrogen and oxygen atoms in total. The molecule has 0 bridgehead atoms. The molecule has 0 saturated carbocycles. The molecule has 2 N–H and O–H groups in total. The highest BCUT2D eigenvalue weighted by molar-refractivity contribution is 8.02. The molecule has 3 rings (SSSR count). The summed E-state index contributed by atoms with van der Waals surface area (Å²) in [6.07, 6.45) is 1.77. The number of aromatic amines is 1. The zero-order chi connectivity index (χ0) is 14.1. The van der Waals surface area contributed by atoms with Gasteiger partial charge < -0.3 is 4.72 Å². The van der Waals surface area contributed by atoms with Crippen LogP contribution in [0.2, 0.25) is 0 Å². The van der Waals surface area contributed by atoms with Crippen molar-refractivity contribution in [3.63, 3.8) is 0 Å². The SMILES string of the molecule is Cc1ncc(SNc2ccc(F)c3c(C#N)n[nH]c23)s1. The van der Waals surface area contributed by atoms with Crippen molar-refractivity contribution in [2.24, 2.45) is 0 Å². The number of anilines is 1. The number of nitriles is 1. The second-order valence-corrected chi connectivity index (χ2v) is 6.27. The summed E-state index contributed by atoms with van der Waals surface area (Å²) in [7, 11) is 0. The Labute approximate surface area is 122 Å². The van der Waals surface area contributed by atoms with Crippen LogP contribution in [-0.4, -0.2) is 15.2 Å². The number of nitrogens with one attached hydrogen (secondary N) is 2. The highest BCUT2D eigenvalue weighted by Gasteiger charge is 2.14. The molecule has 8 heteroatoms. The highest BCUT2D eigenvalue weighted by Crippen LogP contribution is 2.31. The summed E-state index contributed by atoms with van der Waals surface area (Å²) in [4.78, 5) is 4.16. The maximum atomic E-state index is 13.8. The Balaban J connectivity index is 1.94. The van der Waals surface area contributed by atoms with Crippen molar-refractivity contribution in [2.45, 2.75) is 11.1 Å². The molecule has 0 saturated heterocycles. The topological polar surface area (TPSA) is 77.4 Å². The van der Waals surface area contributed by atoms with E-state index in [2.05, 4.69) is 19.9 Å². The van der Waals surface area contributed by atoms with Crippen LogP contribution in [0.5, 0.6) is 0 Å². The summed E-state index contributed by atoms with van der Waals surface area (Å²) < 4.78 is 17.9. The number of aromatic nitrogens is 3. The number of halogens is 1. The number of fused-ring (bicyclic) bond motifs is 1. The van der Waals surface area contributed by atoms with Crippen molar-refractivity contribution in [1.82, 2.24) is 15.2 Å². The van der Waals surface area contributed by atoms with Crippen molar-refractivity contribution in [3.8, 4) is 6.07 Å². The molecular weight excluding hydrogens is 297 g/mol. The molecule has 0 aliphatic carbocycles. The van der Waals surface area contributed by atoms with Crippen LogP contribution < -0.4 is 4.72 Å². The van der Waals surface area contributed by atoms with Gasteiger partial charge in [-0.3, -0.25) is 5.10 Å². The van der Waals surface area contributed by atoms with E-state index in [1.165, 1.54) is 18.0 Å². The third kappa shape index (κ3) is 2.21. The summed E-state index contributed by atoms with van der Waals surface area (Å²) in [5.41, 5.74) is 1.21. The fourth-order valence-electron chi connectivity index (χ4n) is 1.75. The highest BCUT2D eigenvalue weighted by atomic mass is 32.2. The lowest BCUT2D eigenvalue weighted by molar-refractivity contribution is 0.640. The maximum Gasteiger partial charge on any atom is 0.173 e. The van der Waals surface area contributed by atoms with E-state index in [1.807, 2.05) is 13.0 Å². The first-order valence-electron chi connectivity index (χ1n) is 5.61. The second-order valence-electron chi connectivity index (χ2n) is 3.93. The van der Waals surface area contributed by atoms with Gasteiger partial charge in [-0.2, -0.15) is 10.4 Å². The molecule has 1 aromatic carbocycles. The van der Waals surface area contributed by atoms with Crippen LogP contribution in [0.4, 0.5) is 10.1 Å². The van der Waals surface area contributed by atoms with Gasteiger partial charge in [-0.15, -0.1) is 11.3 Å². The molecule has 0 atom stereocenters. The van der Waals surface area contributed by atoms with Crippen molar-refractivity contribution in [3.05, 3.63) is 34.8 Å². The summed E-state index contributed by atoms with van der Waals surface area (Å²) in [5, 5.41) is 16.6. The Bertz CT molecular complexity index is 817. The smallest absolute Gasteiger partial charge is 0.173 e. The van der Waals surface area contributed by atoms with Gasteiger partial charge in [0.05, 0.1) is 27.8 Å². The number of H-pyrrole nitrogens is 1. The monoisotopic (exact) mass is 305 g/mol. The first-order chi connectivity index (χ1) is 9.69. The molecular formula is C12H8FN5S2. The zero-order valence-electron chi connectivity index (χ0n) is 10.3. The molecule has 0 radical (unpaired) electrons. The molecule has 0 spiro atoms. The van der Waals surface area contributed by atoms with Gasteiger partial charge in [0, 0.05) is 0 Å². The Morgan fingerprint density at radius 1 is 1.50 bits per heavy atom. The van der Waals surface area contributed by atoms with Crippen LogP contribution in [0, 0.1) is 24.1 Å². The lowest BCUT2D eigenvalue weighted by atomic mass is 10.2. The summed E-state index contributed by atoms with van der Waals surface area (Å²) in [6.45, 7) is 1.93. The summed E-state index contributed by atoms with van der Waals surface area (Å²) >= 11 is 2.95. The van der Waals surface area contributed by atoms with Gasteiger partial charge >= 0.3 is 0 Å². The second kappa shape index (κ2) is 5.11. The average molecular weight is 305 g/mol. The van der Waals surface area contributed by atoms with Gasteiger partial charge in [-0.25, -0.2) is 9.37 Å². The minimum atomic E-state index is -0.463. The zero-order valence-corrected chi connectivity index (χ0v) is 11.9. The number of benzene rings is 1. The predicted octanol–water partition coefficient (Wildman–Crippen LogP) is 3.46. The molecule has 3 aromatic rings. The Morgan fingerprint density at radius 3 is 3.05 bits per heavy atom. The van der Waals surface area contributed by atoms with E-state index >= 15 is 0 Å². The van der Waals surface area contributed by atoms with Gasteiger partial charge in [0.1, 0.15) is 16.1 Å². The van der Waals surface area contributed by atoms with Crippen LogP contribution >= 0.6 is 23.3 Å². The number of rotatable bonds is 3. The Kier molecular flexibility index (Phi) is 3.30. The van der Waals surface area contributed by atoms with E-state index in [-0.39, 0.29) is 11.1 Å². The average Bonchev–Trinajstić information content (AvgIpc) is 3.05. The van der Waals surface area contributed by atoms with E-state index in [0.29, 0.717) is 11.2 Å². The standard InChI is InChI=1S/C12H8FN5S2/c1-6-15-5-10(19-6)20-18-8-3-2-7(13)11-9(4-14)16-17-12(8)11/h2-3,5,18H,1H3,(H,16,17). The van der Waals surface area contributed by atoms with E-state index in [9.17, 15) is 4.39 Å². The summed E-state index contributed by atoms with van der Waals surface area (Å²) in [6, 6.07) is 4.80. The first-order valence-corrected chi connectivity index (χ1v) is 7.24. The normalized spacial score (nSPS) is 10.7. The van der Waals surface area contributed by atoms with Gasteiger partial charge in [-0.1, -0.05) is 0 Å². The van der Waals surface area contributed by atoms with Crippen LogP contribution in [0.15, 0.2) is 22.5 Å². The fraction of sp³-hybridized carbons (Fsp3) is 0.0833. The van der Waals surface area contributed by atoms with Crippen LogP contribution in [0.25, 0.3) is 10.9 Å². The van der Waals surface area contributed by atoms with Gasteiger partial charge in [-0.05, 0) is 31.0 Å². The van der Waals surface area contributed by atoms with E-state index in [4.69, 9.17) is 5.26 Å². The minimum absolute atomic E-state index is 0.0554. The molecule has 2 aromatic heterocycles. The predicted molar refractivity (Wildman–Crippen MR) is 77.1 cm³/mol. The van der Waals surface area contributed by atoms with Crippen LogP contribution in [0.1, 0.15) is 10.7 Å². The molecule has 20 heavy (non-hydrogen) atoms. The van der Waals surface area contributed by atoms with Crippen molar-refractivity contribution < 1.29 is 4.39 Å². The molecule has 0 unspecified atom stereocenters. The Hall–Kier alpha value is -2.11. The minimum Gasteiger partial charge on any atom is -0.323 e. The number of aryl methyl sites for hydroxylation is 1. The van der Waals surface area contributed by atoms with Gasteiger partial charge in [0.2, 0.25) is 0 Å². The fourth-order valence-corrected chi connectivity index (χ4v) is 3.39. The molecule has 0 amide bonds. The van der Waals surface area contributed by atoms with Crippen LogP contribution in [-0.2, 0) is 0 Å². The maximum absolute atomic E-state index is 13.8. The number of hydrogen-bond acceptors (Lipinski definition) is 6. The molecule has 0 aliphatic heterocycles. The lowest BCUT2D eigenvalue weighted by Crippen LogP contribution is -1.89. The quantitative estimate of drug-likeness (QED) is 0.725. The molecule has 0 aliphatic rings. The van der Waals surface area contributed by atoms with Gasteiger partial charge in [0.15, 0.2) is 5.69 Å². The number of hydrogen-bond donors (Lipinski definition) is 2. The first kappa shape index (κ1) is 12.9. The summed E-state index contributed by atoms with van der Waals surface area (Å²) in [5.74, 6) is -0.463. The van der Waals surface area contributed by atoms with E-state index in [0.717, 1.165) is 9.22 Å². The number of nitrogens with zero attached hydrogens (tertiary/aromatic N) is 3. The van der Waals surface area contributed by atoms with E-state index < -0.39 is 5.82 Å². The van der Waals surface area contributed by atoms with Crippen molar-refractivity contribution in [1.29, 1.82) is 5.26 Å². The third-order valence-electron chi connectivity index (χ3n) is 2.64. The molecule has 2 heterocycles. The molecule has 100 valence electrons. The van der Waals surface area contributed by atoms with Gasteiger partial charge in [0.25, 0.3) is 0 Å². The number of thiazole rings is 1.